The molecule has 4 aromatic rings. The molecule has 2 aromatic heterocycles. The first-order valence-corrected chi connectivity index (χ1v) is 11.6. The van der Waals surface area contributed by atoms with Crippen molar-refractivity contribution in [1.82, 2.24) is 19.1 Å². The number of ether oxygens (including phenoxy) is 1. The van der Waals surface area contributed by atoms with Crippen LogP contribution in [-0.2, 0) is 18.3 Å². The van der Waals surface area contributed by atoms with E-state index >= 15 is 0 Å². The van der Waals surface area contributed by atoms with E-state index in [4.69, 9.17) is 9.72 Å². The van der Waals surface area contributed by atoms with E-state index < -0.39 is 11.7 Å². The number of hydrogen-bond acceptors (Lipinski definition) is 5. The van der Waals surface area contributed by atoms with Gasteiger partial charge in [0.2, 0.25) is 0 Å². The molecule has 0 aliphatic carbocycles. The minimum Gasteiger partial charge on any atom is -0.444 e. The van der Waals surface area contributed by atoms with Crippen molar-refractivity contribution in [2.45, 2.75) is 52.7 Å². The first-order valence-electron chi connectivity index (χ1n) is 11.6. The molecular formula is C27H31N5O3. The van der Waals surface area contributed by atoms with Gasteiger partial charge < -0.3 is 4.74 Å². The molecule has 0 unspecified atom stereocenters. The smallest absolute Gasteiger partial charge is 0.412 e. The summed E-state index contributed by atoms with van der Waals surface area (Å²) < 4.78 is 8.50. The van der Waals surface area contributed by atoms with Crippen LogP contribution < -0.4 is 11.0 Å². The van der Waals surface area contributed by atoms with E-state index in [-0.39, 0.29) is 5.69 Å². The van der Waals surface area contributed by atoms with Crippen molar-refractivity contribution >= 4 is 22.9 Å². The monoisotopic (exact) mass is 473 g/mol. The highest BCUT2D eigenvalue weighted by molar-refractivity contribution is 5.84. The van der Waals surface area contributed by atoms with Gasteiger partial charge in [-0.3, -0.25) is 14.5 Å². The topological polar surface area (TPSA) is 91.0 Å². The molecule has 0 fully saturated rings. The lowest BCUT2D eigenvalue weighted by atomic mass is 9.97. The highest BCUT2D eigenvalue weighted by atomic mass is 16.6. The van der Waals surface area contributed by atoms with Crippen LogP contribution in [0.5, 0.6) is 0 Å². The van der Waals surface area contributed by atoms with Gasteiger partial charge in [-0.25, -0.2) is 19.6 Å². The summed E-state index contributed by atoms with van der Waals surface area (Å²) in [5.41, 5.74) is 4.14. The Kier molecular flexibility index (Phi) is 6.47. The molecule has 0 spiro atoms. The average Bonchev–Trinajstić information content (AvgIpc) is 3.03. The lowest BCUT2D eigenvalue weighted by molar-refractivity contribution is 0.0636. The Morgan fingerprint density at radius 3 is 2.43 bits per heavy atom. The standard InChI is InChI=1S/C27H31N5O3/c1-17(2)20-9-7-8-10-21(20)23-28-15-22-24(30-23)32(26(34)31(22)6)16-18-11-13-19(14-12-18)29-25(33)35-27(3,4)5/h7-15,17H,16H2,1-6H3,(H,29,33). The molecule has 0 radical (unpaired) electrons. The third kappa shape index (κ3) is 5.26. The number of nitrogens with one attached hydrogen (secondary N) is 1. The minimum absolute atomic E-state index is 0.167. The molecule has 0 atom stereocenters. The highest BCUT2D eigenvalue weighted by Crippen LogP contribution is 2.27. The lowest BCUT2D eigenvalue weighted by Gasteiger charge is -2.19. The second-order valence-corrected chi connectivity index (χ2v) is 9.90. The number of rotatable bonds is 5. The van der Waals surface area contributed by atoms with E-state index in [2.05, 4.69) is 30.2 Å². The second-order valence-electron chi connectivity index (χ2n) is 9.90. The Hall–Kier alpha value is -3.94. The zero-order valence-electron chi connectivity index (χ0n) is 21.0. The number of carbonyl (C=O) groups excluding carboxylic acids is 1. The lowest BCUT2D eigenvalue weighted by Crippen LogP contribution is -2.27. The Morgan fingerprint density at radius 2 is 1.77 bits per heavy atom. The van der Waals surface area contributed by atoms with Crippen LogP contribution >= 0.6 is 0 Å². The zero-order valence-corrected chi connectivity index (χ0v) is 21.0. The van der Waals surface area contributed by atoms with Crippen LogP contribution in [0.2, 0.25) is 0 Å². The number of hydrogen-bond donors (Lipinski definition) is 1. The van der Waals surface area contributed by atoms with Crippen molar-refractivity contribution < 1.29 is 9.53 Å². The quantitative estimate of drug-likeness (QED) is 0.424. The molecule has 0 aliphatic rings. The molecule has 182 valence electrons. The molecule has 0 bridgehead atoms. The van der Waals surface area contributed by atoms with Crippen LogP contribution in [0.25, 0.3) is 22.6 Å². The summed E-state index contributed by atoms with van der Waals surface area (Å²) in [6.45, 7) is 10.1. The van der Waals surface area contributed by atoms with Gasteiger partial charge in [0.25, 0.3) is 0 Å². The molecule has 1 amide bonds. The van der Waals surface area contributed by atoms with Crippen molar-refractivity contribution in [2.75, 3.05) is 5.32 Å². The van der Waals surface area contributed by atoms with Gasteiger partial charge in [0.05, 0.1) is 12.7 Å². The first kappa shape index (κ1) is 24.2. The summed E-state index contributed by atoms with van der Waals surface area (Å²) in [5.74, 6) is 0.911. The predicted octanol–water partition coefficient (Wildman–Crippen LogP) is 5.32. The summed E-state index contributed by atoms with van der Waals surface area (Å²) in [6.07, 6.45) is 1.20. The number of carbonyl (C=O) groups is 1. The van der Waals surface area contributed by atoms with Crippen molar-refractivity contribution in [2.24, 2.45) is 7.05 Å². The number of aryl methyl sites for hydroxylation is 1. The largest absolute Gasteiger partial charge is 0.444 e. The van der Waals surface area contributed by atoms with E-state index in [0.717, 1.165) is 16.7 Å². The van der Waals surface area contributed by atoms with Gasteiger partial charge in [-0.05, 0) is 49.9 Å². The normalized spacial score (nSPS) is 11.7. The molecule has 0 saturated carbocycles. The molecule has 2 aromatic carbocycles. The summed E-state index contributed by atoms with van der Waals surface area (Å²) in [5, 5.41) is 2.72. The number of fused-ring (bicyclic) bond motifs is 1. The van der Waals surface area contributed by atoms with Crippen LogP contribution in [-0.4, -0.2) is 30.8 Å². The van der Waals surface area contributed by atoms with Gasteiger partial charge in [-0.1, -0.05) is 50.2 Å². The molecule has 8 heteroatoms. The van der Waals surface area contributed by atoms with E-state index in [0.29, 0.717) is 35.1 Å². The number of nitrogens with zero attached hydrogens (tertiary/aromatic N) is 4. The molecule has 35 heavy (non-hydrogen) atoms. The second kappa shape index (κ2) is 9.37. The van der Waals surface area contributed by atoms with Gasteiger partial charge >= 0.3 is 11.8 Å². The minimum atomic E-state index is -0.573. The van der Waals surface area contributed by atoms with Crippen molar-refractivity contribution in [3.63, 3.8) is 0 Å². The molecular weight excluding hydrogens is 442 g/mol. The molecule has 0 saturated heterocycles. The maximum atomic E-state index is 13.0. The number of anilines is 1. The fourth-order valence-electron chi connectivity index (χ4n) is 3.95. The molecule has 1 N–H and O–H groups in total. The maximum Gasteiger partial charge on any atom is 0.412 e. The summed E-state index contributed by atoms with van der Waals surface area (Å²) in [4.78, 5) is 34.4. The third-order valence-electron chi connectivity index (χ3n) is 5.65. The maximum absolute atomic E-state index is 13.0. The number of amides is 1. The van der Waals surface area contributed by atoms with E-state index in [1.165, 1.54) is 0 Å². The Labute approximate surface area is 204 Å². The van der Waals surface area contributed by atoms with Gasteiger partial charge in [0.1, 0.15) is 11.1 Å². The predicted molar refractivity (Wildman–Crippen MR) is 138 cm³/mol. The van der Waals surface area contributed by atoms with Crippen LogP contribution in [0.3, 0.4) is 0 Å². The van der Waals surface area contributed by atoms with Crippen LogP contribution in [0.1, 0.15) is 51.7 Å². The molecule has 2 heterocycles. The number of benzene rings is 2. The fraction of sp³-hybridized carbons (Fsp3) is 0.333. The van der Waals surface area contributed by atoms with Gasteiger partial charge in [0, 0.05) is 18.3 Å². The SMILES string of the molecule is CC(C)c1ccccc1-c1ncc2c(n1)n(Cc1ccc(NC(=O)OC(C)(C)C)cc1)c(=O)n2C. The van der Waals surface area contributed by atoms with Gasteiger partial charge in [-0.2, -0.15) is 0 Å². The van der Waals surface area contributed by atoms with Crippen LogP contribution in [0, 0.1) is 0 Å². The third-order valence-corrected chi connectivity index (χ3v) is 5.65. The van der Waals surface area contributed by atoms with E-state index in [1.54, 1.807) is 34.5 Å². The van der Waals surface area contributed by atoms with E-state index in [9.17, 15) is 9.59 Å². The van der Waals surface area contributed by atoms with Crippen LogP contribution in [0.15, 0.2) is 59.5 Å². The molecule has 8 nitrogen and oxygen atoms in total. The number of imidazole rings is 1. The van der Waals surface area contributed by atoms with Gasteiger partial charge in [-0.15, -0.1) is 0 Å². The van der Waals surface area contributed by atoms with Gasteiger partial charge in [0.15, 0.2) is 11.5 Å². The highest BCUT2D eigenvalue weighted by Gasteiger charge is 2.18. The van der Waals surface area contributed by atoms with Crippen molar-refractivity contribution in [3.05, 3.63) is 76.3 Å². The van der Waals surface area contributed by atoms with Crippen molar-refractivity contribution in [3.8, 4) is 11.4 Å². The average molecular weight is 474 g/mol. The number of aromatic nitrogens is 4. The summed E-state index contributed by atoms with van der Waals surface area (Å²) in [6, 6.07) is 15.4. The van der Waals surface area contributed by atoms with E-state index in [1.807, 2.05) is 51.1 Å². The fourth-order valence-corrected chi connectivity index (χ4v) is 3.95. The summed E-state index contributed by atoms with van der Waals surface area (Å²) in [7, 11) is 1.72. The zero-order chi connectivity index (χ0) is 25.3. The molecule has 0 aliphatic heterocycles. The Balaban J connectivity index is 1.65. The van der Waals surface area contributed by atoms with Crippen molar-refractivity contribution in [1.29, 1.82) is 0 Å². The first-order chi connectivity index (χ1) is 16.5. The summed E-state index contributed by atoms with van der Waals surface area (Å²) >= 11 is 0. The Bertz CT molecular complexity index is 1430. The van der Waals surface area contributed by atoms with Crippen LogP contribution in [0.4, 0.5) is 10.5 Å². The Morgan fingerprint density at radius 1 is 1.09 bits per heavy atom. The molecule has 4 rings (SSSR count).